The van der Waals surface area contributed by atoms with E-state index in [0.717, 1.165) is 22.8 Å². The molecular weight excluding hydrogens is 248 g/mol. The lowest BCUT2D eigenvalue weighted by Gasteiger charge is -1.96. The third-order valence-corrected chi connectivity index (χ3v) is 2.67. The molecule has 4 heteroatoms. The van der Waals surface area contributed by atoms with Crippen molar-refractivity contribution in [3.8, 4) is 0 Å². The summed E-state index contributed by atoms with van der Waals surface area (Å²) in [7, 11) is 0. The first-order chi connectivity index (χ1) is 9.75. The Labute approximate surface area is 118 Å². The minimum atomic E-state index is 0.744. The van der Waals surface area contributed by atoms with Gasteiger partial charge in [0.2, 0.25) is 0 Å². The van der Waals surface area contributed by atoms with Crippen molar-refractivity contribution in [3.63, 3.8) is 0 Å². The monoisotopic (exact) mass is 264 g/mol. The van der Waals surface area contributed by atoms with Crippen LogP contribution in [0.4, 0.5) is 11.4 Å². The molecule has 0 radical (unpaired) electrons. The van der Waals surface area contributed by atoms with Gasteiger partial charge in [-0.3, -0.25) is 0 Å². The van der Waals surface area contributed by atoms with E-state index in [9.17, 15) is 0 Å². The Morgan fingerprint density at radius 3 is 1.30 bits per heavy atom. The first-order valence-corrected chi connectivity index (χ1v) is 6.37. The zero-order valence-electron chi connectivity index (χ0n) is 11.6. The molecule has 0 N–H and O–H groups in total. The average Bonchev–Trinajstić information content (AvgIpc) is 2.52. The van der Waals surface area contributed by atoms with Crippen LogP contribution < -0.4 is 0 Å². The van der Waals surface area contributed by atoms with E-state index in [1.54, 1.807) is 0 Å². The quantitative estimate of drug-likeness (QED) is 0.626. The van der Waals surface area contributed by atoms with Crippen LogP contribution in [0.15, 0.2) is 92.5 Å². The fourth-order valence-electron chi connectivity index (χ4n) is 1.40. The highest BCUT2D eigenvalue weighted by Gasteiger charge is 1.94. The Balaban J connectivity index is 2.08. The van der Waals surface area contributed by atoms with Gasteiger partial charge >= 0.3 is 0 Å². The van der Waals surface area contributed by atoms with E-state index in [1.807, 2.05) is 74.5 Å². The van der Waals surface area contributed by atoms with Crippen molar-refractivity contribution in [1.29, 1.82) is 0 Å². The van der Waals surface area contributed by atoms with Crippen LogP contribution in [0, 0.1) is 0 Å². The molecule has 0 amide bonds. The first kappa shape index (κ1) is 13.8. The Morgan fingerprint density at radius 2 is 0.950 bits per heavy atom. The lowest BCUT2D eigenvalue weighted by Crippen LogP contribution is -1.75. The molecule has 0 atom stereocenters. The highest BCUT2D eigenvalue weighted by atomic mass is 15.1. The maximum Gasteiger partial charge on any atom is 0.0856 e. The molecule has 0 heterocycles. The number of rotatable bonds is 4. The number of nitrogens with zero attached hydrogens (tertiary/aromatic N) is 4. The van der Waals surface area contributed by atoms with Crippen molar-refractivity contribution >= 4 is 11.4 Å². The van der Waals surface area contributed by atoms with Crippen molar-refractivity contribution in [2.24, 2.45) is 20.5 Å². The smallest absolute Gasteiger partial charge is 0.0856 e. The van der Waals surface area contributed by atoms with Gasteiger partial charge in [-0.1, -0.05) is 36.4 Å². The normalized spacial score (nSPS) is 12.9. The molecule has 100 valence electrons. The van der Waals surface area contributed by atoms with Crippen molar-refractivity contribution in [2.75, 3.05) is 0 Å². The van der Waals surface area contributed by atoms with E-state index in [2.05, 4.69) is 20.5 Å². The van der Waals surface area contributed by atoms with E-state index >= 15 is 0 Å². The van der Waals surface area contributed by atoms with Crippen LogP contribution in [0.1, 0.15) is 13.8 Å². The van der Waals surface area contributed by atoms with Crippen LogP contribution >= 0.6 is 0 Å². The van der Waals surface area contributed by atoms with Crippen LogP contribution in [0.2, 0.25) is 0 Å². The fourth-order valence-corrected chi connectivity index (χ4v) is 1.40. The highest BCUT2D eigenvalue weighted by Crippen LogP contribution is 2.17. The maximum absolute atomic E-state index is 4.16. The van der Waals surface area contributed by atoms with Crippen molar-refractivity contribution in [2.45, 2.75) is 13.8 Å². The first-order valence-electron chi connectivity index (χ1n) is 6.37. The van der Waals surface area contributed by atoms with Gasteiger partial charge in [-0.05, 0) is 38.1 Å². The number of benzene rings is 2. The van der Waals surface area contributed by atoms with Crippen molar-refractivity contribution < 1.29 is 0 Å². The largest absolute Gasteiger partial charge is 0.153 e. The molecule has 0 aromatic heterocycles. The average molecular weight is 264 g/mol. The summed E-state index contributed by atoms with van der Waals surface area (Å²) in [4.78, 5) is 0. The third kappa shape index (κ3) is 4.24. The summed E-state index contributed by atoms with van der Waals surface area (Å²) in [5, 5.41) is 16.6. The molecule has 0 saturated heterocycles. The van der Waals surface area contributed by atoms with Gasteiger partial charge in [-0.25, -0.2) is 0 Å². The zero-order chi connectivity index (χ0) is 14.2. The van der Waals surface area contributed by atoms with Gasteiger partial charge in [0.05, 0.1) is 22.8 Å². The highest BCUT2D eigenvalue weighted by molar-refractivity contribution is 5.36. The van der Waals surface area contributed by atoms with E-state index < -0.39 is 0 Å². The van der Waals surface area contributed by atoms with Gasteiger partial charge < -0.3 is 0 Å². The number of azo groups is 2. The van der Waals surface area contributed by atoms with E-state index in [-0.39, 0.29) is 0 Å². The minimum Gasteiger partial charge on any atom is -0.153 e. The van der Waals surface area contributed by atoms with Crippen LogP contribution in [-0.2, 0) is 0 Å². The summed E-state index contributed by atoms with van der Waals surface area (Å²) in [5.41, 5.74) is 3.13. The predicted molar refractivity (Wildman–Crippen MR) is 80.3 cm³/mol. The van der Waals surface area contributed by atoms with Crippen LogP contribution in [0.25, 0.3) is 0 Å². The second-order valence-corrected chi connectivity index (χ2v) is 4.24. The van der Waals surface area contributed by atoms with Gasteiger partial charge in [0.1, 0.15) is 0 Å². The second kappa shape index (κ2) is 7.09. The second-order valence-electron chi connectivity index (χ2n) is 4.24. The summed E-state index contributed by atoms with van der Waals surface area (Å²) in [6, 6.07) is 19.2. The van der Waals surface area contributed by atoms with Crippen molar-refractivity contribution in [3.05, 3.63) is 72.1 Å². The zero-order valence-corrected chi connectivity index (χ0v) is 11.6. The molecule has 20 heavy (non-hydrogen) atoms. The maximum atomic E-state index is 4.16. The Morgan fingerprint density at radius 1 is 0.600 bits per heavy atom. The molecule has 0 saturated carbocycles. The van der Waals surface area contributed by atoms with Crippen LogP contribution in [0.3, 0.4) is 0 Å². The summed E-state index contributed by atoms with van der Waals surface area (Å²) in [6.45, 7) is 3.73. The molecule has 0 unspecified atom stereocenters. The van der Waals surface area contributed by atoms with E-state index in [4.69, 9.17) is 0 Å². The van der Waals surface area contributed by atoms with Gasteiger partial charge in [0.15, 0.2) is 0 Å². The Kier molecular flexibility index (Phi) is 4.89. The molecule has 2 aromatic carbocycles. The minimum absolute atomic E-state index is 0.744. The molecule has 0 aliphatic rings. The van der Waals surface area contributed by atoms with Crippen LogP contribution in [0.5, 0.6) is 0 Å². The van der Waals surface area contributed by atoms with Crippen LogP contribution in [-0.4, -0.2) is 0 Å². The number of hydrogen-bond acceptors (Lipinski definition) is 4. The molecular formula is C16H16N4. The molecule has 0 bridgehead atoms. The third-order valence-electron chi connectivity index (χ3n) is 2.67. The molecule has 0 fully saturated rings. The number of allylic oxidation sites excluding steroid dienone is 2. The molecule has 2 rings (SSSR count). The van der Waals surface area contributed by atoms with Gasteiger partial charge in [-0.2, -0.15) is 20.5 Å². The molecule has 0 aliphatic heterocycles. The predicted octanol–water partition coefficient (Wildman–Crippen LogP) is 5.81. The Hall–Kier alpha value is -2.62. The van der Waals surface area contributed by atoms with Crippen molar-refractivity contribution in [1.82, 2.24) is 0 Å². The molecule has 0 aliphatic carbocycles. The summed E-state index contributed by atoms with van der Waals surface area (Å²) < 4.78 is 0. The molecule has 2 aromatic rings. The fraction of sp³-hybridized carbons (Fsp3) is 0.125. The molecule has 0 spiro atoms. The SMILES string of the molecule is C/C(N=Nc1ccccc1)=C(/C)N=Nc1ccccc1. The summed E-state index contributed by atoms with van der Waals surface area (Å²) >= 11 is 0. The van der Waals surface area contributed by atoms with Gasteiger partial charge in [0.25, 0.3) is 0 Å². The molecule has 4 nitrogen and oxygen atoms in total. The van der Waals surface area contributed by atoms with Gasteiger partial charge in [0, 0.05) is 0 Å². The lowest BCUT2D eigenvalue weighted by molar-refractivity contribution is 1.02. The summed E-state index contributed by atoms with van der Waals surface area (Å²) in [5.74, 6) is 0. The standard InChI is InChI=1S/C16H16N4/c1-13(17-19-15-9-5-3-6-10-15)14(2)18-20-16-11-7-4-8-12-16/h3-12H,1-2H3/b14-13+,19-17?,20-18?. The number of hydrogen-bond donors (Lipinski definition) is 0. The topological polar surface area (TPSA) is 49.4 Å². The van der Waals surface area contributed by atoms with E-state index in [1.165, 1.54) is 0 Å². The van der Waals surface area contributed by atoms with E-state index in [0.29, 0.717) is 0 Å². The Bertz CT molecular complexity index is 571. The van der Waals surface area contributed by atoms with Gasteiger partial charge in [-0.15, -0.1) is 0 Å². The summed E-state index contributed by atoms with van der Waals surface area (Å²) in [6.07, 6.45) is 0. The lowest BCUT2D eigenvalue weighted by atomic mass is 10.3.